The number of benzene rings is 1. The van der Waals surface area contributed by atoms with Crippen LogP contribution < -0.4 is 10.2 Å². The van der Waals surface area contributed by atoms with Crippen molar-refractivity contribution in [2.75, 3.05) is 37.6 Å². The summed E-state index contributed by atoms with van der Waals surface area (Å²) in [6.45, 7) is 2.72. The van der Waals surface area contributed by atoms with Crippen LogP contribution in [0.1, 0.15) is 28.0 Å². The second-order valence-electron chi connectivity index (χ2n) is 6.94. The van der Waals surface area contributed by atoms with Gasteiger partial charge in [0.1, 0.15) is 0 Å². The summed E-state index contributed by atoms with van der Waals surface area (Å²) in [5.41, 5.74) is 2.99. The first-order valence-corrected chi connectivity index (χ1v) is 9.42. The molecule has 2 aliphatic rings. The molecule has 1 aliphatic carbocycles. The second-order valence-corrected chi connectivity index (χ2v) is 6.94. The van der Waals surface area contributed by atoms with E-state index < -0.39 is 0 Å². The summed E-state index contributed by atoms with van der Waals surface area (Å²) >= 11 is 0. The average Bonchev–Trinajstić information content (AvgIpc) is 3.20. The Morgan fingerprint density at radius 2 is 1.78 bits per heavy atom. The van der Waals surface area contributed by atoms with Gasteiger partial charge < -0.3 is 15.1 Å². The molecule has 2 aromatic rings. The lowest BCUT2D eigenvalue weighted by Crippen LogP contribution is -2.51. The van der Waals surface area contributed by atoms with Crippen LogP contribution in [0.15, 0.2) is 36.4 Å². The van der Waals surface area contributed by atoms with Gasteiger partial charge in [-0.15, -0.1) is 5.10 Å². The molecule has 2 amide bonds. The molecule has 1 fully saturated rings. The Kier molecular flexibility index (Phi) is 5.00. The quantitative estimate of drug-likeness (QED) is 0.876. The summed E-state index contributed by atoms with van der Waals surface area (Å²) in [6, 6.07) is 11.1. The van der Waals surface area contributed by atoms with E-state index in [0.717, 1.165) is 43.9 Å². The van der Waals surface area contributed by atoms with Gasteiger partial charge in [-0.05, 0) is 43.0 Å². The third-order valence-corrected chi connectivity index (χ3v) is 5.20. The molecule has 1 saturated heterocycles. The number of aryl methyl sites for hydroxylation is 2. The van der Waals surface area contributed by atoms with Gasteiger partial charge in [0.05, 0.1) is 12.2 Å². The second kappa shape index (κ2) is 7.73. The van der Waals surface area contributed by atoms with Gasteiger partial charge in [-0.1, -0.05) is 18.2 Å². The van der Waals surface area contributed by atoms with Crippen LogP contribution in [0.5, 0.6) is 0 Å². The predicted octanol–water partition coefficient (Wildman–Crippen LogP) is 1.04. The van der Waals surface area contributed by atoms with Gasteiger partial charge in [0, 0.05) is 31.7 Å². The van der Waals surface area contributed by atoms with Crippen LogP contribution in [-0.2, 0) is 17.6 Å². The van der Waals surface area contributed by atoms with E-state index in [0.29, 0.717) is 18.7 Å². The van der Waals surface area contributed by atoms with E-state index in [1.54, 1.807) is 29.2 Å². The molecule has 27 heavy (non-hydrogen) atoms. The fourth-order valence-electron chi connectivity index (χ4n) is 3.62. The third kappa shape index (κ3) is 3.92. The topological polar surface area (TPSA) is 78.4 Å². The molecular weight excluding hydrogens is 342 g/mol. The van der Waals surface area contributed by atoms with E-state index in [9.17, 15) is 9.59 Å². The number of carbonyl (C=O) groups excluding carboxylic acids is 2. The molecule has 0 saturated carbocycles. The van der Waals surface area contributed by atoms with Crippen LogP contribution >= 0.6 is 0 Å². The van der Waals surface area contributed by atoms with E-state index >= 15 is 0 Å². The Balaban J connectivity index is 1.27. The molecule has 0 radical (unpaired) electrons. The van der Waals surface area contributed by atoms with Gasteiger partial charge in [-0.2, -0.15) is 5.10 Å². The Morgan fingerprint density at radius 1 is 1.00 bits per heavy atom. The summed E-state index contributed by atoms with van der Waals surface area (Å²) in [7, 11) is 0. The average molecular weight is 365 g/mol. The van der Waals surface area contributed by atoms with Crippen molar-refractivity contribution >= 4 is 17.6 Å². The predicted molar refractivity (Wildman–Crippen MR) is 102 cm³/mol. The van der Waals surface area contributed by atoms with Gasteiger partial charge in [-0.3, -0.25) is 9.59 Å². The number of hydrogen-bond acceptors (Lipinski definition) is 5. The molecule has 1 N–H and O–H groups in total. The Labute approximate surface area is 158 Å². The molecule has 0 bridgehead atoms. The third-order valence-electron chi connectivity index (χ3n) is 5.20. The zero-order valence-corrected chi connectivity index (χ0v) is 15.2. The Morgan fingerprint density at radius 3 is 2.56 bits per heavy atom. The highest BCUT2D eigenvalue weighted by atomic mass is 16.2. The zero-order valence-electron chi connectivity index (χ0n) is 15.2. The number of nitrogens with zero attached hydrogens (tertiary/aromatic N) is 4. The fraction of sp³-hybridized carbons (Fsp3) is 0.400. The number of aromatic nitrogens is 2. The zero-order chi connectivity index (χ0) is 18.6. The normalized spacial score (nSPS) is 16.1. The number of piperazine rings is 1. The van der Waals surface area contributed by atoms with Crippen LogP contribution in [0.3, 0.4) is 0 Å². The number of fused-ring (bicyclic) bond motifs is 1. The van der Waals surface area contributed by atoms with E-state index in [4.69, 9.17) is 0 Å². The molecule has 4 rings (SSSR count). The largest absolute Gasteiger partial charge is 0.352 e. The lowest BCUT2D eigenvalue weighted by molar-refractivity contribution is -0.130. The highest BCUT2D eigenvalue weighted by Crippen LogP contribution is 2.23. The van der Waals surface area contributed by atoms with E-state index in [-0.39, 0.29) is 18.4 Å². The highest BCUT2D eigenvalue weighted by Gasteiger charge is 2.23. The minimum atomic E-state index is -0.226. The van der Waals surface area contributed by atoms with Crippen molar-refractivity contribution in [1.82, 2.24) is 20.4 Å². The first-order valence-electron chi connectivity index (χ1n) is 9.42. The van der Waals surface area contributed by atoms with E-state index in [2.05, 4.69) is 26.5 Å². The Bertz CT molecular complexity index is 832. The van der Waals surface area contributed by atoms with Crippen LogP contribution in [0, 0.1) is 0 Å². The highest BCUT2D eigenvalue weighted by molar-refractivity contribution is 5.96. The SMILES string of the molecule is O=C(NCC(=O)N1CCN(c2cc3c(nn2)CCC3)CC1)c1ccccc1. The summed E-state index contributed by atoms with van der Waals surface area (Å²) in [6.07, 6.45) is 3.27. The van der Waals surface area contributed by atoms with Crippen molar-refractivity contribution in [3.63, 3.8) is 0 Å². The minimum Gasteiger partial charge on any atom is -0.352 e. The monoisotopic (exact) mass is 365 g/mol. The van der Waals surface area contributed by atoms with Crippen LogP contribution in [-0.4, -0.2) is 59.6 Å². The van der Waals surface area contributed by atoms with Crippen LogP contribution in [0.4, 0.5) is 5.82 Å². The molecule has 0 unspecified atom stereocenters. The number of nitrogens with one attached hydrogen (secondary N) is 1. The minimum absolute atomic E-state index is 0.0202. The van der Waals surface area contributed by atoms with E-state index in [1.807, 2.05) is 6.07 Å². The van der Waals surface area contributed by atoms with Crippen molar-refractivity contribution in [3.05, 3.63) is 53.2 Å². The molecule has 0 atom stereocenters. The lowest BCUT2D eigenvalue weighted by Gasteiger charge is -2.35. The lowest BCUT2D eigenvalue weighted by atomic mass is 10.2. The maximum absolute atomic E-state index is 12.4. The summed E-state index contributed by atoms with van der Waals surface area (Å²) in [5, 5.41) is 11.4. The Hall–Kier alpha value is -2.96. The molecule has 1 aromatic heterocycles. The molecule has 7 heteroatoms. The smallest absolute Gasteiger partial charge is 0.251 e. The molecule has 1 aliphatic heterocycles. The van der Waals surface area contributed by atoms with Crippen molar-refractivity contribution in [2.24, 2.45) is 0 Å². The van der Waals surface area contributed by atoms with Gasteiger partial charge in [0.2, 0.25) is 5.91 Å². The van der Waals surface area contributed by atoms with Crippen molar-refractivity contribution in [3.8, 4) is 0 Å². The molecular formula is C20H23N5O2. The summed E-state index contributed by atoms with van der Waals surface area (Å²) < 4.78 is 0. The number of carbonyl (C=O) groups is 2. The van der Waals surface area contributed by atoms with Crippen molar-refractivity contribution in [2.45, 2.75) is 19.3 Å². The number of amides is 2. The molecule has 140 valence electrons. The first-order chi connectivity index (χ1) is 13.2. The molecule has 7 nitrogen and oxygen atoms in total. The maximum atomic E-state index is 12.4. The number of hydrogen-bond donors (Lipinski definition) is 1. The summed E-state index contributed by atoms with van der Waals surface area (Å²) in [5.74, 6) is 0.620. The van der Waals surface area contributed by atoms with Gasteiger partial charge in [0.25, 0.3) is 5.91 Å². The van der Waals surface area contributed by atoms with Gasteiger partial charge in [-0.25, -0.2) is 0 Å². The fourth-order valence-corrected chi connectivity index (χ4v) is 3.62. The van der Waals surface area contributed by atoms with Crippen molar-refractivity contribution < 1.29 is 9.59 Å². The molecule has 0 spiro atoms. The molecule has 1 aromatic carbocycles. The van der Waals surface area contributed by atoms with Gasteiger partial charge >= 0.3 is 0 Å². The van der Waals surface area contributed by atoms with Crippen molar-refractivity contribution in [1.29, 1.82) is 0 Å². The van der Waals surface area contributed by atoms with Crippen LogP contribution in [0.25, 0.3) is 0 Å². The standard InChI is InChI=1S/C20H23N5O2/c26-19(14-21-20(27)15-5-2-1-3-6-15)25-11-9-24(10-12-25)18-13-16-7-4-8-17(16)22-23-18/h1-3,5-6,13H,4,7-12,14H2,(H,21,27). The number of anilines is 1. The van der Waals surface area contributed by atoms with E-state index in [1.165, 1.54) is 5.56 Å². The van der Waals surface area contributed by atoms with Gasteiger partial charge in [0.15, 0.2) is 5.82 Å². The summed E-state index contributed by atoms with van der Waals surface area (Å²) in [4.78, 5) is 28.4. The maximum Gasteiger partial charge on any atom is 0.251 e. The van der Waals surface area contributed by atoms with Crippen LogP contribution in [0.2, 0.25) is 0 Å². The first kappa shape index (κ1) is 17.5. The molecule has 2 heterocycles. The number of rotatable bonds is 4.